The number of aromatic amines is 1. The van der Waals surface area contributed by atoms with Crippen LogP contribution in [-0.2, 0) is 4.79 Å². The Morgan fingerprint density at radius 1 is 1.29 bits per heavy atom. The van der Waals surface area contributed by atoms with E-state index in [4.69, 9.17) is 0 Å². The molecule has 0 aromatic carbocycles. The number of carbonyl (C=O) groups excluding carboxylic acids is 1. The topological polar surface area (TPSA) is 112 Å². The zero-order chi connectivity index (χ0) is 16.2. The maximum absolute atomic E-state index is 12.2. The Labute approximate surface area is 122 Å². The van der Waals surface area contributed by atoms with Crippen LogP contribution in [0.25, 0.3) is 0 Å². The zero-order valence-electron chi connectivity index (χ0n) is 12.7. The molecule has 116 valence electrons. The Balaban J connectivity index is 3.00. The summed E-state index contributed by atoms with van der Waals surface area (Å²) in [4.78, 5) is 35.3. The summed E-state index contributed by atoms with van der Waals surface area (Å²) in [6.45, 7) is 6.82. The van der Waals surface area contributed by atoms with E-state index >= 15 is 0 Å². The normalized spacial score (nSPS) is 11.2. The highest BCUT2D eigenvalue weighted by Gasteiger charge is 2.35. The van der Waals surface area contributed by atoms with Crippen LogP contribution in [0.1, 0.15) is 48.3 Å². The van der Waals surface area contributed by atoms with Crippen LogP contribution in [0.15, 0.2) is 4.79 Å². The Hall–Kier alpha value is -2.18. The van der Waals surface area contributed by atoms with Gasteiger partial charge in [0.25, 0.3) is 11.5 Å². The summed E-state index contributed by atoms with van der Waals surface area (Å²) in [6, 6.07) is 0. The fraction of sp³-hybridized carbons (Fsp3) is 0.571. The van der Waals surface area contributed by atoms with Gasteiger partial charge in [0.15, 0.2) is 0 Å². The molecule has 0 aliphatic rings. The van der Waals surface area contributed by atoms with Gasteiger partial charge in [-0.3, -0.25) is 14.4 Å². The number of aryl methyl sites for hydroxylation is 1. The predicted molar refractivity (Wildman–Crippen MR) is 77.3 cm³/mol. The molecule has 0 unspecified atom stereocenters. The molecule has 1 heterocycles. The molecule has 7 heteroatoms. The van der Waals surface area contributed by atoms with Gasteiger partial charge in [0, 0.05) is 6.54 Å². The minimum Gasteiger partial charge on any atom is -0.481 e. The lowest BCUT2D eigenvalue weighted by Gasteiger charge is -2.26. The first-order valence-corrected chi connectivity index (χ1v) is 6.86. The van der Waals surface area contributed by atoms with Crippen molar-refractivity contribution in [1.29, 1.82) is 0 Å². The number of amides is 1. The summed E-state index contributed by atoms with van der Waals surface area (Å²) in [5, 5.41) is 17.9. The van der Waals surface area contributed by atoms with E-state index in [1.807, 2.05) is 0 Å². The van der Waals surface area contributed by atoms with Gasteiger partial charge in [-0.25, -0.2) is 5.10 Å². The van der Waals surface area contributed by atoms with Crippen molar-refractivity contribution in [2.24, 2.45) is 5.41 Å². The van der Waals surface area contributed by atoms with Crippen molar-refractivity contribution in [2.45, 2.75) is 40.5 Å². The van der Waals surface area contributed by atoms with Crippen molar-refractivity contribution in [2.75, 3.05) is 6.54 Å². The second-order valence-corrected chi connectivity index (χ2v) is 5.11. The SMILES string of the molecule is CCC(CC)(CNC(=O)c1c(C)c(C)n[nH]c1=O)C(=O)O. The molecule has 0 atom stereocenters. The maximum atomic E-state index is 12.2. The van der Waals surface area contributed by atoms with E-state index in [0.29, 0.717) is 24.1 Å². The van der Waals surface area contributed by atoms with Crippen LogP contribution in [0, 0.1) is 19.3 Å². The highest BCUT2D eigenvalue weighted by molar-refractivity contribution is 5.95. The largest absolute Gasteiger partial charge is 0.481 e. The van der Waals surface area contributed by atoms with Crippen molar-refractivity contribution in [1.82, 2.24) is 15.5 Å². The molecule has 7 nitrogen and oxygen atoms in total. The molecule has 3 N–H and O–H groups in total. The van der Waals surface area contributed by atoms with Crippen LogP contribution in [0.4, 0.5) is 0 Å². The highest BCUT2D eigenvalue weighted by Crippen LogP contribution is 2.25. The minimum absolute atomic E-state index is 0.0194. The number of nitrogens with zero attached hydrogens (tertiary/aromatic N) is 1. The molecule has 1 aromatic rings. The van der Waals surface area contributed by atoms with E-state index in [-0.39, 0.29) is 12.1 Å². The number of carboxylic acid groups (broad SMARTS) is 1. The minimum atomic E-state index is -1.02. The van der Waals surface area contributed by atoms with Crippen molar-refractivity contribution in [3.05, 3.63) is 27.2 Å². The molecule has 0 bridgehead atoms. The van der Waals surface area contributed by atoms with Crippen molar-refractivity contribution in [3.63, 3.8) is 0 Å². The number of carbonyl (C=O) groups is 2. The van der Waals surface area contributed by atoms with Crippen LogP contribution in [-0.4, -0.2) is 33.7 Å². The van der Waals surface area contributed by atoms with Gasteiger partial charge in [0.05, 0.1) is 11.1 Å². The van der Waals surface area contributed by atoms with Gasteiger partial charge in [-0.1, -0.05) is 13.8 Å². The summed E-state index contributed by atoms with van der Waals surface area (Å²) in [5.41, 5.74) is -0.572. The average Bonchev–Trinajstić information content (AvgIpc) is 2.44. The number of H-pyrrole nitrogens is 1. The molecule has 0 spiro atoms. The van der Waals surface area contributed by atoms with Crippen LogP contribution in [0.2, 0.25) is 0 Å². The predicted octanol–water partition coefficient (Wildman–Crippen LogP) is 1.01. The van der Waals surface area contributed by atoms with Crippen LogP contribution in [0.3, 0.4) is 0 Å². The maximum Gasteiger partial charge on any atom is 0.311 e. The third-order valence-corrected chi connectivity index (χ3v) is 4.09. The van der Waals surface area contributed by atoms with E-state index in [0.717, 1.165) is 0 Å². The van der Waals surface area contributed by atoms with Crippen molar-refractivity contribution < 1.29 is 14.7 Å². The van der Waals surface area contributed by atoms with Gasteiger partial charge in [-0.2, -0.15) is 5.10 Å². The molecular weight excluding hydrogens is 274 g/mol. The molecule has 0 aliphatic heterocycles. The number of aromatic nitrogens is 2. The van der Waals surface area contributed by atoms with Crippen LogP contribution in [0.5, 0.6) is 0 Å². The fourth-order valence-electron chi connectivity index (χ4n) is 2.11. The van der Waals surface area contributed by atoms with Crippen molar-refractivity contribution in [3.8, 4) is 0 Å². The Morgan fingerprint density at radius 3 is 2.33 bits per heavy atom. The second kappa shape index (κ2) is 6.51. The van der Waals surface area contributed by atoms with E-state index in [1.54, 1.807) is 27.7 Å². The lowest BCUT2D eigenvalue weighted by Crippen LogP contribution is -2.43. The van der Waals surface area contributed by atoms with Gasteiger partial charge >= 0.3 is 5.97 Å². The van der Waals surface area contributed by atoms with Crippen LogP contribution < -0.4 is 10.9 Å². The van der Waals surface area contributed by atoms with Crippen LogP contribution >= 0.6 is 0 Å². The standard InChI is InChI=1S/C14H21N3O4/c1-5-14(6-2,13(20)21)7-15-11(18)10-8(3)9(4)16-17-12(10)19/h5-7H2,1-4H3,(H,15,18)(H,17,19)(H,20,21). The zero-order valence-corrected chi connectivity index (χ0v) is 12.7. The van der Waals surface area contributed by atoms with E-state index in [9.17, 15) is 19.5 Å². The lowest BCUT2D eigenvalue weighted by atomic mass is 9.82. The van der Waals surface area contributed by atoms with Gasteiger partial charge in [-0.05, 0) is 32.3 Å². The third kappa shape index (κ3) is 3.29. The van der Waals surface area contributed by atoms with Crippen molar-refractivity contribution >= 4 is 11.9 Å². The van der Waals surface area contributed by atoms with E-state index in [2.05, 4.69) is 15.5 Å². The summed E-state index contributed by atoms with van der Waals surface area (Å²) >= 11 is 0. The molecule has 1 aromatic heterocycles. The first-order chi connectivity index (χ1) is 9.79. The van der Waals surface area contributed by atoms with Gasteiger partial charge in [0.1, 0.15) is 5.56 Å². The quantitative estimate of drug-likeness (QED) is 0.725. The second-order valence-electron chi connectivity index (χ2n) is 5.11. The van der Waals surface area contributed by atoms with E-state index in [1.165, 1.54) is 0 Å². The molecule has 0 saturated heterocycles. The van der Waals surface area contributed by atoms with Gasteiger partial charge < -0.3 is 10.4 Å². The average molecular weight is 295 g/mol. The summed E-state index contributed by atoms with van der Waals surface area (Å²) in [6.07, 6.45) is 0.785. The number of hydrogen-bond donors (Lipinski definition) is 3. The summed E-state index contributed by atoms with van der Waals surface area (Å²) < 4.78 is 0. The third-order valence-electron chi connectivity index (χ3n) is 4.09. The highest BCUT2D eigenvalue weighted by atomic mass is 16.4. The fourth-order valence-corrected chi connectivity index (χ4v) is 2.11. The number of aliphatic carboxylic acids is 1. The monoisotopic (exact) mass is 295 g/mol. The van der Waals surface area contributed by atoms with Gasteiger partial charge in [-0.15, -0.1) is 0 Å². The van der Waals surface area contributed by atoms with Gasteiger partial charge in [0.2, 0.25) is 0 Å². The summed E-state index contributed by atoms with van der Waals surface area (Å²) in [5.74, 6) is -1.53. The molecule has 0 saturated carbocycles. The smallest absolute Gasteiger partial charge is 0.311 e. The molecule has 0 radical (unpaired) electrons. The molecule has 1 amide bonds. The molecule has 1 rings (SSSR count). The first kappa shape index (κ1) is 16.9. The number of carboxylic acids is 1. The Bertz CT molecular complexity index is 603. The molecule has 21 heavy (non-hydrogen) atoms. The number of rotatable bonds is 6. The summed E-state index contributed by atoms with van der Waals surface area (Å²) in [7, 11) is 0. The molecule has 0 aliphatic carbocycles. The lowest BCUT2D eigenvalue weighted by molar-refractivity contribution is -0.149. The Morgan fingerprint density at radius 2 is 1.86 bits per heavy atom. The number of nitrogens with one attached hydrogen (secondary N) is 2. The molecular formula is C14H21N3O4. The molecule has 0 fully saturated rings. The Kier molecular flexibility index (Phi) is 5.23. The van der Waals surface area contributed by atoms with E-state index < -0.39 is 22.9 Å². The first-order valence-electron chi connectivity index (χ1n) is 6.86. The number of hydrogen-bond acceptors (Lipinski definition) is 4.